The van der Waals surface area contributed by atoms with E-state index in [0.29, 0.717) is 11.1 Å². The maximum absolute atomic E-state index is 15.2. The van der Waals surface area contributed by atoms with Gasteiger partial charge in [-0.25, -0.2) is 0 Å². The van der Waals surface area contributed by atoms with Crippen molar-refractivity contribution in [1.82, 2.24) is 0 Å². The molecule has 0 radical (unpaired) electrons. The fourth-order valence-corrected chi connectivity index (χ4v) is 7.46. The van der Waals surface area contributed by atoms with Crippen LogP contribution >= 0.6 is 18.7 Å². The van der Waals surface area contributed by atoms with E-state index in [1.165, 1.54) is 0 Å². The molecule has 5 heteroatoms. The number of aryl methyl sites for hydroxylation is 1. The normalized spacial score (nSPS) is 14.2. The summed E-state index contributed by atoms with van der Waals surface area (Å²) in [6, 6.07) is 17.6. The maximum Gasteiger partial charge on any atom is 0.248 e. The minimum absolute atomic E-state index is 0.135. The summed E-state index contributed by atoms with van der Waals surface area (Å²) >= 11 is 6.49. The van der Waals surface area contributed by atoms with Gasteiger partial charge >= 0.3 is 0 Å². The van der Waals surface area contributed by atoms with Gasteiger partial charge in [-0.15, -0.1) is 0 Å². The van der Waals surface area contributed by atoms with Gasteiger partial charge in [-0.05, 0) is 51.5 Å². The molecule has 0 amide bonds. The van der Waals surface area contributed by atoms with Crippen LogP contribution in [0.1, 0.15) is 105 Å². The van der Waals surface area contributed by atoms with Gasteiger partial charge in [-0.2, -0.15) is 0 Å². The van der Waals surface area contributed by atoms with Gasteiger partial charge in [0, 0.05) is 16.4 Å². The van der Waals surface area contributed by atoms with Gasteiger partial charge in [0.25, 0.3) is 0 Å². The van der Waals surface area contributed by atoms with Crippen molar-refractivity contribution >= 4 is 35.1 Å². The van der Waals surface area contributed by atoms with Crippen molar-refractivity contribution in [3.05, 3.63) is 99.1 Å². The van der Waals surface area contributed by atoms with Crippen molar-refractivity contribution in [2.45, 2.75) is 85.5 Å². The Hall–Kier alpha value is -2.48. The Morgan fingerprint density at radius 3 is 1.55 bits per heavy atom. The smallest absolute Gasteiger partial charge is 0.248 e. The lowest BCUT2D eigenvalue weighted by Crippen LogP contribution is -2.29. The van der Waals surface area contributed by atoms with Crippen LogP contribution in [0.3, 0.4) is 0 Å². The Morgan fingerprint density at radius 1 is 0.658 bits per heavy atom. The summed E-state index contributed by atoms with van der Waals surface area (Å²) in [5.41, 5.74) is 1.34. The van der Waals surface area contributed by atoms with Gasteiger partial charge in [0.1, 0.15) is 0 Å². The highest BCUT2D eigenvalue weighted by atomic mass is 35.5. The zero-order chi connectivity index (χ0) is 28.8. The first-order valence-corrected chi connectivity index (χ1v) is 15.1. The molecule has 38 heavy (non-hydrogen) atoms. The summed E-state index contributed by atoms with van der Waals surface area (Å²) in [6.45, 7) is 20.5. The standard InChI is InChI=1S/C33H40ClO3P/c1-21-15-14-18-26(34)27(21)29(35)38(37,23-16-12-11-13-17-23)30(36)28-24(32(5,6)7)19-22(31(2,3)4)20-25(28)33(8,9)10/h11-20H,1-10H3. The van der Waals surface area contributed by atoms with Crippen molar-refractivity contribution in [2.24, 2.45) is 0 Å². The molecule has 1 unspecified atom stereocenters. The summed E-state index contributed by atoms with van der Waals surface area (Å²) in [5, 5.41) is 0.406. The van der Waals surface area contributed by atoms with Gasteiger partial charge in [-0.3, -0.25) is 9.59 Å². The number of benzene rings is 3. The van der Waals surface area contributed by atoms with Crippen molar-refractivity contribution in [2.75, 3.05) is 0 Å². The fourth-order valence-electron chi connectivity index (χ4n) is 4.67. The minimum atomic E-state index is -4.36. The third kappa shape index (κ3) is 5.61. The molecular weight excluding hydrogens is 511 g/mol. The van der Waals surface area contributed by atoms with Crippen molar-refractivity contribution in [3.8, 4) is 0 Å². The number of hydrogen-bond donors (Lipinski definition) is 0. The molecule has 3 nitrogen and oxygen atoms in total. The van der Waals surface area contributed by atoms with Crippen LogP contribution in [-0.2, 0) is 20.8 Å². The zero-order valence-electron chi connectivity index (χ0n) is 24.3. The van der Waals surface area contributed by atoms with Gasteiger partial charge in [0.15, 0.2) is 0 Å². The van der Waals surface area contributed by atoms with Crippen LogP contribution in [0.15, 0.2) is 60.7 Å². The van der Waals surface area contributed by atoms with Crippen LogP contribution < -0.4 is 5.30 Å². The monoisotopic (exact) mass is 550 g/mol. The van der Waals surface area contributed by atoms with Gasteiger partial charge in [0.05, 0.1) is 5.02 Å². The summed E-state index contributed by atoms with van der Waals surface area (Å²) in [7, 11) is -4.36. The van der Waals surface area contributed by atoms with E-state index in [-0.39, 0.29) is 21.3 Å². The Bertz CT molecular complexity index is 1380. The predicted octanol–water partition coefficient (Wildman–Crippen LogP) is 9.21. The minimum Gasteiger partial charge on any atom is -0.302 e. The van der Waals surface area contributed by atoms with Gasteiger partial charge in [-0.1, -0.05) is 129 Å². The molecule has 0 aliphatic heterocycles. The SMILES string of the molecule is Cc1cccc(Cl)c1C(=O)P(=O)(C(=O)c1c(C(C)(C)C)cc(C(C)(C)C)cc1C(C)(C)C)c1ccccc1. The highest BCUT2D eigenvalue weighted by molar-refractivity contribution is 8.01. The molecule has 0 aliphatic carbocycles. The molecule has 3 rings (SSSR count). The molecule has 0 aromatic heterocycles. The second kappa shape index (κ2) is 10.2. The molecule has 3 aromatic rings. The first-order valence-electron chi connectivity index (χ1n) is 13.0. The Morgan fingerprint density at radius 2 is 1.13 bits per heavy atom. The van der Waals surface area contributed by atoms with E-state index in [0.717, 1.165) is 16.7 Å². The molecule has 1 atom stereocenters. The third-order valence-corrected chi connectivity index (χ3v) is 9.89. The van der Waals surface area contributed by atoms with E-state index < -0.39 is 29.0 Å². The van der Waals surface area contributed by atoms with E-state index in [2.05, 4.69) is 32.9 Å². The summed E-state index contributed by atoms with van der Waals surface area (Å²) in [4.78, 5) is 29.2. The highest BCUT2D eigenvalue weighted by Crippen LogP contribution is 2.55. The quantitative estimate of drug-likeness (QED) is 0.297. The van der Waals surface area contributed by atoms with E-state index in [4.69, 9.17) is 11.6 Å². The lowest BCUT2D eigenvalue weighted by molar-refractivity contribution is 0.103. The van der Waals surface area contributed by atoms with Crippen LogP contribution in [-0.4, -0.2) is 11.0 Å². The molecule has 0 aliphatic rings. The average Bonchev–Trinajstić information content (AvgIpc) is 2.80. The molecule has 202 valence electrons. The van der Waals surface area contributed by atoms with Crippen LogP contribution in [0.2, 0.25) is 5.02 Å². The van der Waals surface area contributed by atoms with Gasteiger partial charge in [0.2, 0.25) is 18.2 Å². The Labute approximate surface area is 233 Å². The van der Waals surface area contributed by atoms with Crippen molar-refractivity contribution < 1.29 is 14.2 Å². The van der Waals surface area contributed by atoms with Crippen LogP contribution in [0.25, 0.3) is 0 Å². The number of rotatable bonds is 5. The molecule has 0 fully saturated rings. The highest BCUT2D eigenvalue weighted by Gasteiger charge is 2.47. The average molecular weight is 551 g/mol. The molecule has 0 saturated heterocycles. The van der Waals surface area contributed by atoms with Gasteiger partial charge < -0.3 is 4.57 Å². The summed E-state index contributed by atoms with van der Waals surface area (Å²) in [5.74, 6) is 0. The van der Waals surface area contributed by atoms with Crippen molar-refractivity contribution in [1.29, 1.82) is 0 Å². The third-order valence-electron chi connectivity index (χ3n) is 6.96. The summed E-state index contributed by atoms with van der Waals surface area (Å²) < 4.78 is 15.2. The largest absolute Gasteiger partial charge is 0.302 e. The Kier molecular flexibility index (Phi) is 8.11. The first kappa shape index (κ1) is 30.1. The summed E-state index contributed by atoms with van der Waals surface area (Å²) in [6.07, 6.45) is 0. The van der Waals surface area contributed by atoms with Crippen LogP contribution in [0, 0.1) is 6.92 Å². The second-order valence-corrected chi connectivity index (χ2v) is 16.1. The van der Waals surface area contributed by atoms with E-state index in [1.54, 1.807) is 55.5 Å². The molecule has 0 spiro atoms. The molecule has 0 saturated carbocycles. The van der Waals surface area contributed by atoms with E-state index >= 15 is 4.57 Å². The maximum atomic E-state index is 15.2. The van der Waals surface area contributed by atoms with Crippen LogP contribution in [0.5, 0.6) is 0 Å². The Balaban J connectivity index is 2.50. The molecule has 0 N–H and O–H groups in total. The molecular formula is C33H40ClO3P. The fraction of sp³-hybridized carbons (Fsp3) is 0.394. The number of carbonyl (C=O) groups excluding carboxylic acids is 2. The van der Waals surface area contributed by atoms with E-state index in [9.17, 15) is 9.59 Å². The van der Waals surface area contributed by atoms with E-state index in [1.807, 2.05) is 41.5 Å². The van der Waals surface area contributed by atoms with Crippen LogP contribution in [0.4, 0.5) is 0 Å². The molecule has 0 bridgehead atoms. The number of carbonyl (C=O) groups is 2. The topological polar surface area (TPSA) is 51.2 Å². The lowest BCUT2D eigenvalue weighted by atomic mass is 9.72. The molecule has 0 heterocycles. The number of hydrogen-bond acceptors (Lipinski definition) is 3. The predicted molar refractivity (Wildman–Crippen MR) is 161 cm³/mol. The number of halogens is 1. The first-order chi connectivity index (χ1) is 17.3. The lowest BCUT2D eigenvalue weighted by Gasteiger charge is -2.34. The zero-order valence-corrected chi connectivity index (χ0v) is 26.0. The second-order valence-electron chi connectivity index (χ2n) is 13.2. The molecule has 3 aromatic carbocycles. The van der Waals surface area contributed by atoms with Crippen molar-refractivity contribution in [3.63, 3.8) is 0 Å².